The van der Waals surface area contributed by atoms with Crippen molar-refractivity contribution < 1.29 is 44.3 Å². The molecule has 1 aliphatic rings. The number of aliphatic hydroxyl groups is 3. The quantitative estimate of drug-likeness (QED) is 0.0334. The summed E-state index contributed by atoms with van der Waals surface area (Å²) in [7, 11) is 0. The van der Waals surface area contributed by atoms with Gasteiger partial charge in [-0.3, -0.25) is 24.9 Å². The number of aliphatic hydroxyl groups excluding tert-OH is 3. The van der Waals surface area contributed by atoms with Crippen molar-refractivity contribution in [3.05, 3.63) is 0 Å². The van der Waals surface area contributed by atoms with Crippen LogP contribution < -0.4 is 17.2 Å². The topological polar surface area (TPSA) is 240 Å². The highest BCUT2D eigenvalue weighted by atomic mass is 16.6. The SMILES string of the molecule is [2H]OC(=O)C[C@H](N)C(=O)[C@@](C)(N)C(=O)[C@@H]1[C@@H](O)[C@H](O)[C@@H](CO)O[C@@]1(N)N(CCCCCCCCCCCC)C(=O)CCCCCCCCCCC. The molecule has 1 saturated heterocycles. The Labute approximate surface area is 301 Å². The summed E-state index contributed by atoms with van der Waals surface area (Å²) in [4.78, 5) is 54.3. The molecule has 13 heteroatoms. The average Bonchev–Trinajstić information content (AvgIpc) is 3.10. The summed E-state index contributed by atoms with van der Waals surface area (Å²) in [5, 5.41) is 36.1. The van der Waals surface area contributed by atoms with E-state index in [2.05, 4.69) is 19.0 Å². The molecule has 0 bridgehead atoms. The average molecular weight is 716 g/mol. The third kappa shape index (κ3) is 14.6. The Morgan fingerprint density at radius 3 is 1.74 bits per heavy atom. The molecule has 7 atom stereocenters. The van der Waals surface area contributed by atoms with Crippen LogP contribution in [0.2, 0.25) is 0 Å². The summed E-state index contributed by atoms with van der Waals surface area (Å²) in [5.41, 5.74) is 16.5. The molecule has 0 radical (unpaired) electrons. The molecule has 0 aromatic rings. The first-order chi connectivity index (χ1) is 24.2. The summed E-state index contributed by atoms with van der Waals surface area (Å²) in [6, 6.07) is -1.64. The first-order valence-corrected chi connectivity index (χ1v) is 19.3. The highest BCUT2D eigenvalue weighted by Gasteiger charge is 2.62. The Morgan fingerprint density at radius 1 is 0.820 bits per heavy atom. The molecule has 10 N–H and O–H groups in total. The van der Waals surface area contributed by atoms with Gasteiger partial charge in [0.25, 0.3) is 1.43 Å². The summed E-state index contributed by atoms with van der Waals surface area (Å²) in [6.45, 7) is 4.67. The van der Waals surface area contributed by atoms with Crippen LogP contribution in [0, 0.1) is 5.92 Å². The normalized spacial score (nSPS) is 24.2. The van der Waals surface area contributed by atoms with Crippen LogP contribution in [0.1, 0.15) is 156 Å². The number of amides is 1. The first-order valence-electron chi connectivity index (χ1n) is 19.7. The molecule has 292 valence electrons. The summed E-state index contributed by atoms with van der Waals surface area (Å²) < 4.78 is 12.7. The molecular weight excluding hydrogens is 644 g/mol. The van der Waals surface area contributed by atoms with E-state index in [0.29, 0.717) is 12.8 Å². The third-order valence-electron chi connectivity index (χ3n) is 10.0. The first kappa shape index (κ1) is 44.2. The van der Waals surface area contributed by atoms with Crippen LogP contribution in [-0.2, 0) is 23.9 Å². The van der Waals surface area contributed by atoms with E-state index in [1.165, 1.54) is 62.7 Å². The second kappa shape index (κ2) is 24.3. The highest BCUT2D eigenvalue weighted by Crippen LogP contribution is 2.38. The Morgan fingerprint density at radius 2 is 1.28 bits per heavy atom. The number of nitrogens with two attached hydrogens (primary N) is 3. The van der Waals surface area contributed by atoms with Gasteiger partial charge in [-0.1, -0.05) is 123 Å². The number of unbranched alkanes of at least 4 members (excludes halogenated alkanes) is 17. The number of hydrogen-bond acceptors (Lipinski definition) is 12. The lowest BCUT2D eigenvalue weighted by molar-refractivity contribution is -0.292. The van der Waals surface area contributed by atoms with Crippen molar-refractivity contribution in [2.24, 2.45) is 23.1 Å². The highest BCUT2D eigenvalue weighted by molar-refractivity contribution is 6.14. The van der Waals surface area contributed by atoms with E-state index in [1.807, 2.05) is 0 Å². The molecule has 50 heavy (non-hydrogen) atoms. The van der Waals surface area contributed by atoms with Gasteiger partial charge in [0.1, 0.15) is 23.7 Å². The molecule has 1 rings (SSSR count). The minimum absolute atomic E-state index is 0.0537. The number of hydrogen-bond donors (Lipinski definition) is 7. The van der Waals surface area contributed by atoms with E-state index in [0.717, 1.165) is 58.3 Å². The second-order valence-corrected chi connectivity index (χ2v) is 14.5. The van der Waals surface area contributed by atoms with E-state index < -0.39 is 78.1 Å². The van der Waals surface area contributed by atoms with E-state index >= 15 is 0 Å². The number of aliphatic carboxylic acids is 1. The number of nitrogens with zero attached hydrogens (tertiary/aromatic N) is 1. The molecule has 1 heterocycles. The van der Waals surface area contributed by atoms with Crippen LogP contribution in [0.25, 0.3) is 1.43 Å². The number of rotatable bonds is 29. The zero-order valence-corrected chi connectivity index (χ0v) is 31.1. The zero-order valence-electron chi connectivity index (χ0n) is 32.1. The van der Waals surface area contributed by atoms with Crippen LogP contribution in [0.15, 0.2) is 0 Å². The lowest BCUT2D eigenvalue weighted by Crippen LogP contribution is -2.78. The van der Waals surface area contributed by atoms with Crippen molar-refractivity contribution in [3.8, 4) is 0 Å². The lowest BCUT2D eigenvalue weighted by Gasteiger charge is -2.53. The standard InChI is InChI=1S/C37H70N4O9/c1-4-6-8-10-12-14-16-18-20-22-24-41(29(43)23-21-19-17-15-13-11-9-7-5-2)37(40)31(33(47)32(46)28(26-42)50-37)35(49)36(3,39)34(48)27(38)25-30(44)45/h27-28,31-33,42,46-47H,4-26,38-40H2,1-3H3,(H,44,45)/t27-,28+,31-,32+,33+,36+,37-/m0/s1/i/hD. The molecule has 0 saturated carbocycles. The number of Topliss-reactive ketones (excluding diaryl/α,β-unsaturated/α-hetero) is 2. The number of ether oxygens (including phenoxy) is 1. The summed E-state index contributed by atoms with van der Waals surface area (Å²) in [5.74, 6) is -8.16. The van der Waals surface area contributed by atoms with Gasteiger partial charge in [-0.2, -0.15) is 0 Å². The molecule has 1 aliphatic heterocycles. The fourth-order valence-electron chi connectivity index (χ4n) is 6.84. The predicted octanol–water partition coefficient (Wildman–Crippen LogP) is 3.66. The van der Waals surface area contributed by atoms with Crippen molar-refractivity contribution in [3.63, 3.8) is 0 Å². The predicted molar refractivity (Wildman–Crippen MR) is 193 cm³/mol. The van der Waals surface area contributed by atoms with Crippen molar-refractivity contribution in [2.45, 2.75) is 191 Å². The molecule has 0 aromatic heterocycles. The van der Waals surface area contributed by atoms with Gasteiger partial charge in [-0.15, -0.1) is 0 Å². The minimum Gasteiger partial charge on any atom is -0.481 e. The smallest absolute Gasteiger partial charge is 0.305 e. The molecule has 0 aromatic carbocycles. The van der Waals surface area contributed by atoms with Crippen LogP contribution in [0.3, 0.4) is 0 Å². The number of ketones is 2. The Balaban J connectivity index is 3.26. The molecular formula is C37H70N4O9. The Hall–Kier alpha value is -2.00. The Kier molecular flexibility index (Phi) is 21.4. The zero-order chi connectivity index (χ0) is 38.5. The third-order valence-corrected chi connectivity index (χ3v) is 10.0. The molecule has 13 nitrogen and oxygen atoms in total. The maximum atomic E-state index is 14.2. The minimum atomic E-state index is -2.46. The van der Waals surface area contributed by atoms with Crippen molar-refractivity contribution in [1.82, 2.24) is 4.90 Å². The Bertz CT molecular complexity index is 1040. The molecule has 0 spiro atoms. The van der Waals surface area contributed by atoms with Crippen LogP contribution >= 0.6 is 0 Å². The fraction of sp³-hybridized carbons (Fsp3) is 0.892. The summed E-state index contributed by atoms with van der Waals surface area (Å²) in [6.07, 6.45) is 13.8. The van der Waals surface area contributed by atoms with Gasteiger partial charge in [0.15, 0.2) is 11.6 Å². The number of carbonyl (C=O) groups excluding carboxylic acids is 3. The van der Waals surface area contributed by atoms with Gasteiger partial charge in [-0.05, 0) is 19.8 Å². The van der Waals surface area contributed by atoms with Gasteiger partial charge in [0, 0.05) is 13.0 Å². The van der Waals surface area contributed by atoms with Crippen molar-refractivity contribution in [2.75, 3.05) is 13.2 Å². The van der Waals surface area contributed by atoms with Crippen LogP contribution in [0.5, 0.6) is 0 Å². The fourth-order valence-corrected chi connectivity index (χ4v) is 6.84. The molecule has 1 amide bonds. The van der Waals surface area contributed by atoms with Gasteiger partial charge < -0.3 is 41.5 Å². The van der Waals surface area contributed by atoms with Gasteiger partial charge >= 0.3 is 5.97 Å². The van der Waals surface area contributed by atoms with Crippen molar-refractivity contribution in [1.29, 1.82) is 1.43 Å². The van der Waals surface area contributed by atoms with Crippen molar-refractivity contribution >= 4 is 23.4 Å². The number of carboxylic acid groups (broad SMARTS) is 1. The maximum absolute atomic E-state index is 14.2. The number of carboxylic acids is 1. The van der Waals surface area contributed by atoms with E-state index in [4.69, 9.17) is 23.4 Å². The van der Waals surface area contributed by atoms with Gasteiger partial charge in [0.2, 0.25) is 11.8 Å². The van der Waals surface area contributed by atoms with Gasteiger partial charge in [0.05, 0.1) is 25.2 Å². The van der Waals surface area contributed by atoms with E-state index in [-0.39, 0.29) is 13.0 Å². The summed E-state index contributed by atoms with van der Waals surface area (Å²) >= 11 is 0. The molecule has 1 fully saturated rings. The molecule has 0 aliphatic carbocycles. The van der Waals surface area contributed by atoms with E-state index in [9.17, 15) is 34.5 Å². The van der Waals surface area contributed by atoms with Crippen LogP contribution in [-0.4, -0.2) is 97.7 Å². The monoisotopic (exact) mass is 716 g/mol. The van der Waals surface area contributed by atoms with Gasteiger partial charge in [-0.25, -0.2) is 0 Å². The van der Waals surface area contributed by atoms with Crippen LogP contribution in [0.4, 0.5) is 0 Å². The maximum Gasteiger partial charge on any atom is 0.305 e. The number of carbonyl (C=O) groups is 4. The second-order valence-electron chi connectivity index (χ2n) is 14.5. The molecule has 0 unspecified atom stereocenters. The van der Waals surface area contributed by atoms with E-state index in [1.54, 1.807) is 0 Å². The largest absolute Gasteiger partial charge is 0.481 e. The lowest BCUT2D eigenvalue weighted by atomic mass is 9.74.